The third-order valence-corrected chi connectivity index (χ3v) is 2.73. The summed E-state index contributed by atoms with van der Waals surface area (Å²) in [4.78, 5) is 11.0. The molecule has 0 fully saturated rings. The summed E-state index contributed by atoms with van der Waals surface area (Å²) in [7, 11) is 1.69. The van der Waals surface area contributed by atoms with Crippen molar-refractivity contribution in [1.29, 1.82) is 0 Å². The van der Waals surface area contributed by atoms with Gasteiger partial charge >= 0.3 is 0 Å². The van der Waals surface area contributed by atoms with Crippen LogP contribution in [0, 0.1) is 0 Å². The van der Waals surface area contributed by atoms with Crippen molar-refractivity contribution in [2.75, 3.05) is 13.7 Å². The molecule has 102 valence electrons. The van der Waals surface area contributed by atoms with Crippen molar-refractivity contribution < 1.29 is 9.53 Å². The number of rotatable bonds is 7. The minimum atomic E-state index is -0.204. The highest BCUT2D eigenvalue weighted by atomic mass is 16.5. The lowest BCUT2D eigenvalue weighted by atomic mass is 10.1. The number of hydrogen-bond donors (Lipinski definition) is 2. The Morgan fingerprint density at radius 2 is 2.33 bits per heavy atom. The van der Waals surface area contributed by atoms with Gasteiger partial charge in [0.15, 0.2) is 0 Å². The van der Waals surface area contributed by atoms with Crippen molar-refractivity contribution in [2.45, 2.75) is 39.0 Å². The highest BCUT2D eigenvalue weighted by molar-refractivity contribution is 5.77. The molecule has 0 saturated carbocycles. The van der Waals surface area contributed by atoms with Crippen molar-refractivity contribution in [2.24, 2.45) is 5.73 Å². The van der Waals surface area contributed by atoms with Gasteiger partial charge in [-0.15, -0.1) is 5.10 Å². The second-order valence-corrected chi connectivity index (χ2v) is 4.67. The van der Waals surface area contributed by atoms with Gasteiger partial charge in [0.2, 0.25) is 5.91 Å². The van der Waals surface area contributed by atoms with Gasteiger partial charge in [-0.2, -0.15) is 0 Å². The van der Waals surface area contributed by atoms with Gasteiger partial charge < -0.3 is 15.8 Å². The van der Waals surface area contributed by atoms with E-state index in [1.54, 1.807) is 11.8 Å². The second-order valence-electron chi connectivity index (χ2n) is 4.67. The van der Waals surface area contributed by atoms with Crippen molar-refractivity contribution >= 4 is 5.91 Å². The normalized spacial score (nSPS) is 11.6. The molecule has 7 nitrogen and oxygen atoms in total. The van der Waals surface area contributed by atoms with E-state index >= 15 is 0 Å². The second kappa shape index (κ2) is 6.46. The molecule has 1 rings (SSSR count). The van der Waals surface area contributed by atoms with Crippen LogP contribution in [0.5, 0.6) is 0 Å². The molecule has 0 saturated heterocycles. The standard InChI is InChI=1S/C11H21N5O2/c1-11(2,18-3)4-5-16-8-9(14-15-16)7-13-10(17)6-12/h8H,4-7,12H2,1-3H3,(H,13,17). The van der Waals surface area contributed by atoms with Gasteiger partial charge in [0.25, 0.3) is 0 Å². The number of carbonyl (C=O) groups is 1. The average Bonchev–Trinajstić information content (AvgIpc) is 2.81. The minimum absolute atomic E-state index is 0.0177. The van der Waals surface area contributed by atoms with Gasteiger partial charge in [-0.25, -0.2) is 0 Å². The molecule has 7 heteroatoms. The monoisotopic (exact) mass is 255 g/mol. The Balaban J connectivity index is 2.41. The van der Waals surface area contributed by atoms with Gasteiger partial charge in [-0.3, -0.25) is 9.48 Å². The first-order valence-electron chi connectivity index (χ1n) is 5.88. The maximum atomic E-state index is 11.0. The van der Waals surface area contributed by atoms with Crippen LogP contribution in [0.1, 0.15) is 26.0 Å². The molecule has 0 unspecified atom stereocenters. The lowest BCUT2D eigenvalue weighted by Gasteiger charge is -2.22. The Hall–Kier alpha value is -1.47. The summed E-state index contributed by atoms with van der Waals surface area (Å²) in [5.41, 5.74) is 5.72. The molecule has 1 aromatic heterocycles. The van der Waals surface area contributed by atoms with Crippen LogP contribution in [0.3, 0.4) is 0 Å². The molecule has 0 aliphatic heterocycles. The number of aryl methyl sites for hydroxylation is 1. The van der Waals surface area contributed by atoms with Gasteiger partial charge in [0, 0.05) is 13.7 Å². The average molecular weight is 255 g/mol. The molecule has 0 bridgehead atoms. The summed E-state index contributed by atoms with van der Waals surface area (Å²) < 4.78 is 7.07. The number of amides is 1. The zero-order chi connectivity index (χ0) is 13.6. The third-order valence-electron chi connectivity index (χ3n) is 2.73. The fourth-order valence-electron chi connectivity index (χ4n) is 1.28. The molecular formula is C11H21N5O2. The number of hydrogen-bond acceptors (Lipinski definition) is 5. The number of nitrogens with two attached hydrogens (primary N) is 1. The van der Waals surface area contributed by atoms with E-state index in [2.05, 4.69) is 15.6 Å². The molecule has 18 heavy (non-hydrogen) atoms. The van der Waals surface area contributed by atoms with Crippen LogP contribution in [0.2, 0.25) is 0 Å². The van der Waals surface area contributed by atoms with E-state index in [0.29, 0.717) is 12.2 Å². The summed E-state index contributed by atoms with van der Waals surface area (Å²) in [6.07, 6.45) is 2.64. The van der Waals surface area contributed by atoms with E-state index in [0.717, 1.165) is 13.0 Å². The van der Waals surface area contributed by atoms with Crippen molar-refractivity contribution in [3.8, 4) is 0 Å². The number of methoxy groups -OCH3 is 1. The third kappa shape index (κ3) is 4.80. The van der Waals surface area contributed by atoms with E-state index in [-0.39, 0.29) is 18.1 Å². The highest BCUT2D eigenvalue weighted by Gasteiger charge is 2.16. The Bertz CT molecular complexity index is 389. The molecule has 3 N–H and O–H groups in total. The number of ether oxygens (including phenoxy) is 1. The molecule has 0 aliphatic rings. The lowest BCUT2D eigenvalue weighted by Crippen LogP contribution is -2.29. The Labute approximate surface area is 107 Å². The molecule has 0 aliphatic carbocycles. The quantitative estimate of drug-likeness (QED) is 0.695. The topological polar surface area (TPSA) is 95.1 Å². The Kier molecular flexibility index (Phi) is 5.24. The summed E-state index contributed by atoms with van der Waals surface area (Å²) in [6.45, 7) is 5.09. The van der Waals surface area contributed by atoms with Gasteiger partial charge in [-0.05, 0) is 20.3 Å². The Morgan fingerprint density at radius 1 is 1.61 bits per heavy atom. The Morgan fingerprint density at radius 3 is 2.94 bits per heavy atom. The van der Waals surface area contributed by atoms with Gasteiger partial charge in [0.05, 0.1) is 24.9 Å². The first-order valence-corrected chi connectivity index (χ1v) is 5.88. The fraction of sp³-hybridized carbons (Fsp3) is 0.727. The molecular weight excluding hydrogens is 234 g/mol. The maximum Gasteiger partial charge on any atom is 0.234 e. The van der Waals surface area contributed by atoms with Gasteiger partial charge in [-0.1, -0.05) is 5.21 Å². The molecule has 0 aromatic carbocycles. The molecule has 1 aromatic rings. The lowest BCUT2D eigenvalue weighted by molar-refractivity contribution is -0.119. The number of carbonyl (C=O) groups excluding carboxylic acids is 1. The maximum absolute atomic E-state index is 11.0. The first kappa shape index (κ1) is 14.6. The minimum Gasteiger partial charge on any atom is -0.379 e. The fourth-order valence-corrected chi connectivity index (χ4v) is 1.28. The predicted molar refractivity (Wildman–Crippen MR) is 66.6 cm³/mol. The van der Waals surface area contributed by atoms with Crippen LogP contribution in [0.25, 0.3) is 0 Å². The zero-order valence-corrected chi connectivity index (χ0v) is 11.1. The van der Waals surface area contributed by atoms with Crippen LogP contribution < -0.4 is 11.1 Å². The van der Waals surface area contributed by atoms with Crippen LogP contribution in [0.4, 0.5) is 0 Å². The number of nitrogens with zero attached hydrogens (tertiary/aromatic N) is 3. The highest BCUT2D eigenvalue weighted by Crippen LogP contribution is 2.13. The SMILES string of the molecule is COC(C)(C)CCn1cc(CNC(=O)CN)nn1. The van der Waals surface area contributed by atoms with E-state index in [4.69, 9.17) is 10.5 Å². The van der Waals surface area contributed by atoms with Crippen molar-refractivity contribution in [3.05, 3.63) is 11.9 Å². The predicted octanol–water partition coefficient (Wildman–Crippen LogP) is -0.332. The summed E-state index contributed by atoms with van der Waals surface area (Å²) in [5, 5.41) is 10.6. The van der Waals surface area contributed by atoms with Crippen LogP contribution >= 0.6 is 0 Å². The van der Waals surface area contributed by atoms with Crippen molar-refractivity contribution in [1.82, 2.24) is 20.3 Å². The van der Waals surface area contributed by atoms with E-state index in [9.17, 15) is 4.79 Å². The van der Waals surface area contributed by atoms with Crippen LogP contribution in [-0.4, -0.2) is 40.2 Å². The number of aromatic nitrogens is 3. The first-order chi connectivity index (χ1) is 8.46. The zero-order valence-electron chi connectivity index (χ0n) is 11.1. The van der Waals surface area contributed by atoms with E-state index in [1.165, 1.54) is 0 Å². The summed E-state index contributed by atoms with van der Waals surface area (Å²) in [6, 6.07) is 0. The van der Waals surface area contributed by atoms with Crippen LogP contribution in [0.15, 0.2) is 6.20 Å². The molecule has 0 radical (unpaired) electrons. The molecule has 0 spiro atoms. The molecule has 0 atom stereocenters. The largest absolute Gasteiger partial charge is 0.379 e. The summed E-state index contributed by atoms with van der Waals surface area (Å²) in [5.74, 6) is -0.204. The molecule has 1 amide bonds. The van der Waals surface area contributed by atoms with E-state index in [1.807, 2.05) is 20.0 Å². The van der Waals surface area contributed by atoms with Crippen LogP contribution in [-0.2, 0) is 22.6 Å². The van der Waals surface area contributed by atoms with E-state index < -0.39 is 0 Å². The van der Waals surface area contributed by atoms with Crippen molar-refractivity contribution in [3.63, 3.8) is 0 Å². The number of nitrogens with one attached hydrogen (secondary N) is 1. The smallest absolute Gasteiger partial charge is 0.234 e. The summed E-state index contributed by atoms with van der Waals surface area (Å²) >= 11 is 0. The molecule has 1 heterocycles. The van der Waals surface area contributed by atoms with Gasteiger partial charge in [0.1, 0.15) is 5.69 Å².